The van der Waals surface area contributed by atoms with Crippen molar-refractivity contribution in [2.24, 2.45) is 0 Å². The predicted octanol–water partition coefficient (Wildman–Crippen LogP) is 4.66. The van der Waals surface area contributed by atoms with Crippen LogP contribution >= 0.6 is 0 Å². The summed E-state index contributed by atoms with van der Waals surface area (Å²) in [7, 11) is -6.39. The molecule has 0 fully saturated rings. The second kappa shape index (κ2) is 7.04. The van der Waals surface area contributed by atoms with E-state index in [1.807, 2.05) is 13.8 Å². The van der Waals surface area contributed by atoms with Crippen molar-refractivity contribution in [1.82, 2.24) is 0 Å². The van der Waals surface area contributed by atoms with Crippen LogP contribution in [0.5, 0.6) is 0 Å². The molecule has 3 nitrogen and oxygen atoms in total. The molecule has 0 saturated heterocycles. The van der Waals surface area contributed by atoms with Crippen LogP contribution in [0.3, 0.4) is 0 Å². The van der Waals surface area contributed by atoms with Crippen molar-refractivity contribution < 1.29 is 38.9 Å². The fraction of sp³-hybridized carbons (Fsp3) is 0.429. The molecule has 136 valence electrons. The van der Waals surface area contributed by atoms with E-state index in [4.69, 9.17) is 0 Å². The Labute approximate surface area is 135 Å². The molecule has 24 heavy (non-hydrogen) atoms. The maximum atomic E-state index is 12.7. The summed E-state index contributed by atoms with van der Waals surface area (Å²) in [5.41, 5.74) is -4.67. The van der Waals surface area contributed by atoms with Gasteiger partial charge in [-0.05, 0) is 29.5 Å². The number of hydrogen-bond acceptors (Lipinski definition) is 3. The minimum Gasteiger partial charge on any atom is -0.371 e. The summed E-state index contributed by atoms with van der Waals surface area (Å²) in [6, 6.07) is 6.32. The van der Waals surface area contributed by atoms with Crippen LogP contribution < -0.4 is 0 Å². The van der Waals surface area contributed by atoms with Gasteiger partial charge >= 0.3 is 21.8 Å². The maximum Gasteiger partial charge on any atom is 0.534 e. The second-order valence-electron chi connectivity index (χ2n) is 5.15. The smallest absolute Gasteiger partial charge is 0.371 e. The Morgan fingerprint density at radius 2 is 1.58 bits per heavy atom. The van der Waals surface area contributed by atoms with Crippen molar-refractivity contribution in [2.75, 3.05) is 0 Å². The van der Waals surface area contributed by atoms with Crippen LogP contribution in [0.25, 0.3) is 0 Å². The standard InChI is InChI=1S/C14H14F6O3S/c1-9(2)11-6-3-10(4-7-11)5-8-12(13(15,16)17)23-24(21,22)14(18,19)20/h3-4,6-9H,5H2,1-2H3. The van der Waals surface area contributed by atoms with Gasteiger partial charge in [0.1, 0.15) is 0 Å². The number of benzene rings is 1. The van der Waals surface area contributed by atoms with Crippen molar-refractivity contribution in [1.29, 1.82) is 0 Å². The van der Waals surface area contributed by atoms with Crippen LogP contribution in [-0.4, -0.2) is 20.1 Å². The second-order valence-corrected chi connectivity index (χ2v) is 6.69. The van der Waals surface area contributed by atoms with Crippen molar-refractivity contribution in [3.63, 3.8) is 0 Å². The normalized spacial score (nSPS) is 14.1. The summed E-state index contributed by atoms with van der Waals surface area (Å²) in [6.45, 7) is 3.82. The maximum absolute atomic E-state index is 12.7. The number of alkyl halides is 6. The summed E-state index contributed by atoms with van der Waals surface area (Å²) >= 11 is 0. The molecule has 0 heterocycles. The van der Waals surface area contributed by atoms with E-state index in [0.717, 1.165) is 5.56 Å². The third-order valence-electron chi connectivity index (χ3n) is 2.93. The Balaban J connectivity index is 3.03. The lowest BCUT2D eigenvalue weighted by molar-refractivity contribution is -0.120. The molecule has 1 aromatic carbocycles. The van der Waals surface area contributed by atoms with Crippen LogP contribution in [-0.2, 0) is 20.7 Å². The van der Waals surface area contributed by atoms with Crippen molar-refractivity contribution in [2.45, 2.75) is 37.9 Å². The SMILES string of the molecule is CC(C)c1ccc(CC=C(OS(=O)(=O)C(F)(F)F)C(F)(F)F)cc1. The summed E-state index contributed by atoms with van der Waals surface area (Å²) < 4.78 is 99.3. The first-order valence-electron chi connectivity index (χ1n) is 6.61. The summed E-state index contributed by atoms with van der Waals surface area (Å²) in [4.78, 5) is 0. The quantitative estimate of drug-likeness (QED) is 0.325. The molecule has 1 rings (SSSR count). The highest BCUT2D eigenvalue weighted by atomic mass is 32.2. The van der Waals surface area contributed by atoms with E-state index in [9.17, 15) is 34.8 Å². The molecular weight excluding hydrogens is 362 g/mol. The van der Waals surface area contributed by atoms with E-state index in [2.05, 4.69) is 4.18 Å². The monoisotopic (exact) mass is 376 g/mol. The fourth-order valence-corrected chi connectivity index (χ4v) is 2.11. The molecule has 0 unspecified atom stereocenters. The average molecular weight is 376 g/mol. The average Bonchev–Trinajstić information content (AvgIpc) is 2.41. The molecule has 0 aliphatic rings. The number of halogens is 6. The molecule has 10 heteroatoms. The molecule has 0 aromatic heterocycles. The molecular formula is C14H14F6O3S. The molecule has 1 aromatic rings. The van der Waals surface area contributed by atoms with Gasteiger partial charge < -0.3 is 4.18 Å². The van der Waals surface area contributed by atoms with Gasteiger partial charge in [0.05, 0.1) is 0 Å². The van der Waals surface area contributed by atoms with Crippen molar-refractivity contribution >= 4 is 10.1 Å². The Hall–Kier alpha value is -1.71. The molecule has 0 aliphatic carbocycles. The van der Waals surface area contributed by atoms with Crippen LogP contribution in [0.15, 0.2) is 36.1 Å². The minimum atomic E-state index is -6.39. The third-order valence-corrected chi connectivity index (χ3v) is 3.90. The van der Waals surface area contributed by atoms with Gasteiger partial charge in [-0.25, -0.2) is 0 Å². The van der Waals surface area contributed by atoms with Crippen molar-refractivity contribution in [3.8, 4) is 0 Å². The summed E-state index contributed by atoms with van der Waals surface area (Å²) in [5, 5.41) is 0. The number of allylic oxidation sites excluding steroid dienone is 2. The zero-order valence-corrected chi connectivity index (χ0v) is 13.4. The zero-order valence-electron chi connectivity index (χ0n) is 12.6. The van der Waals surface area contributed by atoms with Gasteiger partial charge in [-0.1, -0.05) is 38.1 Å². The van der Waals surface area contributed by atoms with Gasteiger partial charge in [-0.3, -0.25) is 0 Å². The Morgan fingerprint density at radius 3 is 1.96 bits per heavy atom. The number of hydrogen-bond donors (Lipinski definition) is 0. The molecule has 0 saturated carbocycles. The fourth-order valence-electron chi connectivity index (χ4n) is 1.61. The van der Waals surface area contributed by atoms with Gasteiger partial charge in [0.25, 0.3) is 0 Å². The molecule has 0 spiro atoms. The highest BCUT2D eigenvalue weighted by Gasteiger charge is 2.51. The van der Waals surface area contributed by atoms with E-state index >= 15 is 0 Å². The van der Waals surface area contributed by atoms with Gasteiger partial charge in [0.15, 0.2) is 0 Å². The minimum absolute atomic E-state index is 0.195. The van der Waals surface area contributed by atoms with E-state index in [1.165, 1.54) is 12.1 Å². The Bertz CT molecular complexity index is 685. The van der Waals surface area contributed by atoms with Gasteiger partial charge in [-0.15, -0.1) is 0 Å². The largest absolute Gasteiger partial charge is 0.534 e. The highest BCUT2D eigenvalue weighted by Crippen LogP contribution is 2.33. The van der Waals surface area contributed by atoms with Crippen LogP contribution in [0.4, 0.5) is 26.3 Å². The van der Waals surface area contributed by atoms with Crippen molar-refractivity contribution in [3.05, 3.63) is 47.2 Å². The molecule has 0 N–H and O–H groups in total. The van der Waals surface area contributed by atoms with E-state index < -0.39 is 34.0 Å². The first-order chi connectivity index (χ1) is 10.7. The summed E-state index contributed by atoms with van der Waals surface area (Å²) in [5.74, 6) is -2.03. The lowest BCUT2D eigenvalue weighted by Gasteiger charge is -2.14. The lowest BCUT2D eigenvalue weighted by Crippen LogP contribution is -2.29. The predicted molar refractivity (Wildman–Crippen MR) is 74.4 cm³/mol. The third kappa shape index (κ3) is 5.43. The first kappa shape index (κ1) is 20.3. The van der Waals surface area contributed by atoms with Gasteiger partial charge in [0.2, 0.25) is 5.76 Å². The van der Waals surface area contributed by atoms with Crippen LogP contribution in [0.2, 0.25) is 0 Å². The van der Waals surface area contributed by atoms with E-state index in [0.29, 0.717) is 5.56 Å². The van der Waals surface area contributed by atoms with Gasteiger partial charge in [-0.2, -0.15) is 34.8 Å². The lowest BCUT2D eigenvalue weighted by atomic mass is 10.0. The molecule has 0 atom stereocenters. The topological polar surface area (TPSA) is 43.4 Å². The zero-order chi connectivity index (χ0) is 18.8. The Morgan fingerprint density at radius 1 is 1.08 bits per heavy atom. The van der Waals surface area contributed by atoms with Crippen LogP contribution in [0.1, 0.15) is 30.9 Å². The van der Waals surface area contributed by atoms with E-state index in [1.54, 1.807) is 12.1 Å². The highest BCUT2D eigenvalue weighted by molar-refractivity contribution is 7.87. The van der Waals surface area contributed by atoms with Gasteiger partial charge in [0, 0.05) is 0 Å². The Kier molecular flexibility index (Phi) is 5.96. The van der Waals surface area contributed by atoms with E-state index in [-0.39, 0.29) is 12.0 Å². The molecule has 0 radical (unpaired) electrons. The molecule has 0 aliphatic heterocycles. The first-order valence-corrected chi connectivity index (χ1v) is 8.02. The number of rotatable bonds is 5. The molecule has 0 bridgehead atoms. The molecule has 0 amide bonds. The summed E-state index contributed by atoms with van der Waals surface area (Å²) in [6.07, 6.45) is -5.57. The van der Waals surface area contributed by atoms with Crippen LogP contribution in [0, 0.1) is 0 Å².